The zero-order chi connectivity index (χ0) is 13.8. The second-order valence-corrected chi connectivity index (χ2v) is 4.59. The van der Waals surface area contributed by atoms with E-state index >= 15 is 0 Å². The Morgan fingerprint density at radius 2 is 2.26 bits per heavy atom. The maximum Gasteiger partial charge on any atom is 0.183 e. The summed E-state index contributed by atoms with van der Waals surface area (Å²) in [4.78, 5) is 2.25. The van der Waals surface area contributed by atoms with Crippen molar-refractivity contribution in [3.63, 3.8) is 0 Å². The Labute approximate surface area is 111 Å². The van der Waals surface area contributed by atoms with Gasteiger partial charge >= 0.3 is 0 Å². The van der Waals surface area contributed by atoms with E-state index in [-0.39, 0.29) is 17.5 Å². The lowest BCUT2D eigenvalue weighted by molar-refractivity contribution is -0.0192. The Kier molecular flexibility index (Phi) is 4.55. The quantitative estimate of drug-likeness (QED) is 0.818. The van der Waals surface area contributed by atoms with Crippen LogP contribution < -0.4 is 11.1 Å². The van der Waals surface area contributed by atoms with Crippen molar-refractivity contribution < 1.29 is 13.5 Å². The summed E-state index contributed by atoms with van der Waals surface area (Å²) in [6.45, 7) is 5.78. The van der Waals surface area contributed by atoms with E-state index < -0.39 is 11.6 Å². The average molecular weight is 271 g/mol. The number of morpholine rings is 1. The van der Waals surface area contributed by atoms with E-state index in [1.54, 1.807) is 0 Å². The molecule has 3 N–H and O–H groups in total. The van der Waals surface area contributed by atoms with Gasteiger partial charge in [-0.3, -0.25) is 4.90 Å². The summed E-state index contributed by atoms with van der Waals surface area (Å²) in [5, 5.41) is 2.84. The molecule has 1 saturated heterocycles. The Bertz CT molecular complexity index is 442. The number of halogens is 2. The van der Waals surface area contributed by atoms with E-state index in [1.807, 2.05) is 0 Å². The van der Waals surface area contributed by atoms with Crippen LogP contribution >= 0.6 is 0 Å². The first kappa shape index (κ1) is 14.0. The van der Waals surface area contributed by atoms with Crippen molar-refractivity contribution in [2.75, 3.05) is 43.8 Å². The van der Waals surface area contributed by atoms with E-state index in [0.717, 1.165) is 25.7 Å². The van der Waals surface area contributed by atoms with Gasteiger partial charge in [0.1, 0.15) is 0 Å². The van der Waals surface area contributed by atoms with Gasteiger partial charge in [0.2, 0.25) is 0 Å². The van der Waals surface area contributed by atoms with Gasteiger partial charge in [-0.25, -0.2) is 8.78 Å². The minimum absolute atomic E-state index is 0.0113. The molecule has 1 aliphatic heterocycles. The molecule has 1 heterocycles. The molecule has 19 heavy (non-hydrogen) atoms. The van der Waals surface area contributed by atoms with Gasteiger partial charge < -0.3 is 15.8 Å². The van der Waals surface area contributed by atoms with Crippen LogP contribution in [0.2, 0.25) is 0 Å². The lowest BCUT2D eigenvalue weighted by atomic mass is 10.2. The second kappa shape index (κ2) is 6.16. The number of hydrogen-bond donors (Lipinski definition) is 2. The van der Waals surface area contributed by atoms with Gasteiger partial charge in [-0.2, -0.15) is 0 Å². The molecule has 0 amide bonds. The summed E-state index contributed by atoms with van der Waals surface area (Å²) in [6.07, 6.45) is -0.0456. The molecule has 1 aromatic rings. The maximum absolute atomic E-state index is 13.6. The molecule has 0 aromatic heterocycles. The lowest BCUT2D eigenvalue weighted by Crippen LogP contribution is -2.45. The number of benzene rings is 1. The topological polar surface area (TPSA) is 50.5 Å². The maximum atomic E-state index is 13.6. The molecule has 6 heteroatoms. The molecule has 4 nitrogen and oxygen atoms in total. The molecule has 2 rings (SSSR count). The predicted molar refractivity (Wildman–Crippen MR) is 71.1 cm³/mol. The van der Waals surface area contributed by atoms with Crippen molar-refractivity contribution in [3.8, 4) is 0 Å². The van der Waals surface area contributed by atoms with Crippen LogP contribution in [0.5, 0.6) is 0 Å². The largest absolute Gasteiger partial charge is 0.397 e. The number of likely N-dealkylation sites (N-methyl/N-ethyl adjacent to an activating group) is 1. The first-order valence-electron chi connectivity index (χ1n) is 6.43. The fraction of sp³-hybridized carbons (Fsp3) is 0.538. The first-order valence-corrected chi connectivity index (χ1v) is 6.43. The van der Waals surface area contributed by atoms with Crippen molar-refractivity contribution in [3.05, 3.63) is 23.8 Å². The molecule has 0 saturated carbocycles. The fourth-order valence-electron chi connectivity index (χ4n) is 2.15. The van der Waals surface area contributed by atoms with Crippen LogP contribution in [-0.2, 0) is 4.74 Å². The summed E-state index contributed by atoms with van der Waals surface area (Å²) in [7, 11) is 0. The fourth-order valence-corrected chi connectivity index (χ4v) is 2.15. The van der Waals surface area contributed by atoms with Crippen LogP contribution in [0.25, 0.3) is 0 Å². The zero-order valence-corrected chi connectivity index (χ0v) is 11.0. The van der Waals surface area contributed by atoms with Crippen LogP contribution in [0, 0.1) is 11.6 Å². The summed E-state index contributed by atoms with van der Waals surface area (Å²) in [5.41, 5.74) is 5.85. The summed E-state index contributed by atoms with van der Waals surface area (Å²) >= 11 is 0. The number of nitrogens with two attached hydrogens (primary N) is 1. The molecule has 1 fully saturated rings. The molecule has 0 aliphatic carbocycles. The molecule has 106 valence electrons. The Morgan fingerprint density at radius 1 is 1.47 bits per heavy atom. The molecule has 1 aromatic carbocycles. The Balaban J connectivity index is 1.97. The Morgan fingerprint density at radius 3 is 3.00 bits per heavy atom. The molecule has 1 atom stereocenters. The smallest absolute Gasteiger partial charge is 0.183 e. The van der Waals surface area contributed by atoms with Gasteiger partial charge in [0.05, 0.1) is 24.1 Å². The van der Waals surface area contributed by atoms with Crippen LogP contribution in [0.4, 0.5) is 20.2 Å². The number of hydrogen-bond acceptors (Lipinski definition) is 4. The Hall–Kier alpha value is -1.40. The second-order valence-electron chi connectivity index (χ2n) is 4.59. The number of anilines is 2. The highest BCUT2D eigenvalue weighted by Crippen LogP contribution is 2.24. The zero-order valence-electron chi connectivity index (χ0n) is 11.0. The first-order chi connectivity index (χ1) is 9.11. The van der Waals surface area contributed by atoms with Crippen LogP contribution in [-0.4, -0.2) is 43.8 Å². The van der Waals surface area contributed by atoms with Crippen molar-refractivity contribution in [1.29, 1.82) is 0 Å². The van der Waals surface area contributed by atoms with Gasteiger partial charge in [-0.15, -0.1) is 0 Å². The SMILES string of the molecule is CCN1CCOC(CNc2c(N)ccc(F)c2F)C1. The molecule has 1 unspecified atom stereocenters. The van der Waals surface area contributed by atoms with Gasteiger partial charge in [0.25, 0.3) is 0 Å². The highest BCUT2D eigenvalue weighted by Gasteiger charge is 2.20. The van der Waals surface area contributed by atoms with Gasteiger partial charge in [0.15, 0.2) is 11.6 Å². The summed E-state index contributed by atoms with van der Waals surface area (Å²) in [5.74, 6) is -1.85. The number of nitrogen functional groups attached to an aromatic ring is 1. The molecular weight excluding hydrogens is 252 g/mol. The third-order valence-electron chi connectivity index (χ3n) is 3.30. The number of rotatable bonds is 4. The summed E-state index contributed by atoms with van der Waals surface area (Å²) < 4.78 is 32.3. The standard InChI is InChI=1S/C13H19F2N3O/c1-2-18-5-6-19-9(8-18)7-17-13-11(16)4-3-10(14)12(13)15/h3-4,9,17H,2,5-8,16H2,1H3. The van der Waals surface area contributed by atoms with E-state index in [2.05, 4.69) is 17.1 Å². The average Bonchev–Trinajstić information content (AvgIpc) is 2.43. The van der Waals surface area contributed by atoms with Crippen molar-refractivity contribution >= 4 is 11.4 Å². The normalized spacial score (nSPS) is 20.5. The molecule has 1 aliphatic rings. The van der Waals surface area contributed by atoms with E-state index in [9.17, 15) is 8.78 Å². The van der Waals surface area contributed by atoms with Crippen LogP contribution in [0.15, 0.2) is 12.1 Å². The van der Waals surface area contributed by atoms with Gasteiger partial charge in [-0.1, -0.05) is 6.92 Å². The van der Waals surface area contributed by atoms with Crippen LogP contribution in [0.3, 0.4) is 0 Å². The lowest BCUT2D eigenvalue weighted by Gasteiger charge is -2.32. The number of nitrogens with zero attached hydrogens (tertiary/aromatic N) is 1. The molecule has 0 bridgehead atoms. The highest BCUT2D eigenvalue weighted by molar-refractivity contribution is 5.66. The van der Waals surface area contributed by atoms with Crippen molar-refractivity contribution in [2.45, 2.75) is 13.0 Å². The molecule has 0 spiro atoms. The number of ether oxygens (including phenoxy) is 1. The highest BCUT2D eigenvalue weighted by atomic mass is 19.2. The number of nitrogens with one attached hydrogen (secondary N) is 1. The monoisotopic (exact) mass is 271 g/mol. The van der Waals surface area contributed by atoms with E-state index in [4.69, 9.17) is 10.5 Å². The van der Waals surface area contributed by atoms with E-state index in [0.29, 0.717) is 13.2 Å². The summed E-state index contributed by atoms with van der Waals surface area (Å²) in [6, 6.07) is 2.37. The third-order valence-corrected chi connectivity index (χ3v) is 3.30. The van der Waals surface area contributed by atoms with Gasteiger partial charge in [-0.05, 0) is 18.7 Å². The molecular formula is C13H19F2N3O. The van der Waals surface area contributed by atoms with E-state index in [1.165, 1.54) is 6.07 Å². The van der Waals surface area contributed by atoms with Crippen molar-refractivity contribution in [1.82, 2.24) is 4.90 Å². The predicted octanol–water partition coefficient (Wildman–Crippen LogP) is 1.68. The van der Waals surface area contributed by atoms with Crippen molar-refractivity contribution in [2.24, 2.45) is 0 Å². The minimum Gasteiger partial charge on any atom is -0.397 e. The third kappa shape index (κ3) is 3.33. The van der Waals surface area contributed by atoms with Gasteiger partial charge in [0, 0.05) is 19.6 Å². The molecule has 0 radical (unpaired) electrons. The minimum atomic E-state index is -0.942. The van der Waals surface area contributed by atoms with Crippen LogP contribution in [0.1, 0.15) is 6.92 Å².